The number of ether oxygens (including phenoxy) is 1. The fourth-order valence-corrected chi connectivity index (χ4v) is 2.09. The fraction of sp³-hybridized carbons (Fsp3) is 0.176. The van der Waals surface area contributed by atoms with Crippen LogP contribution in [0.4, 0.5) is 5.69 Å². The zero-order valence-electron chi connectivity index (χ0n) is 12.8. The van der Waals surface area contributed by atoms with Crippen molar-refractivity contribution in [3.05, 3.63) is 59.1 Å². The minimum atomic E-state index is -0.737. The topological polar surface area (TPSA) is 67.4 Å². The second-order valence-electron chi connectivity index (χ2n) is 4.84. The lowest BCUT2D eigenvalue weighted by molar-refractivity contribution is -0.122. The molecule has 0 saturated carbocycles. The number of rotatable bonds is 5. The van der Waals surface area contributed by atoms with Gasteiger partial charge in [0.05, 0.1) is 5.02 Å². The maximum Gasteiger partial charge on any atom is 0.265 e. The van der Waals surface area contributed by atoms with Crippen LogP contribution in [-0.4, -0.2) is 25.0 Å². The molecule has 0 radical (unpaired) electrons. The Balaban J connectivity index is 2.04. The molecule has 1 atom stereocenters. The molecule has 2 aromatic rings. The van der Waals surface area contributed by atoms with E-state index in [0.717, 1.165) is 0 Å². The summed E-state index contributed by atoms with van der Waals surface area (Å²) in [5.74, 6) is -0.114. The molecule has 120 valence electrons. The van der Waals surface area contributed by atoms with Crippen molar-refractivity contribution >= 4 is 29.1 Å². The first kappa shape index (κ1) is 16.8. The molecule has 0 aliphatic heterocycles. The van der Waals surface area contributed by atoms with Crippen LogP contribution in [0.2, 0.25) is 5.02 Å². The maximum atomic E-state index is 12.2. The molecule has 2 amide bonds. The van der Waals surface area contributed by atoms with Crippen LogP contribution in [0.5, 0.6) is 5.75 Å². The summed E-state index contributed by atoms with van der Waals surface area (Å²) in [5, 5.41) is 5.68. The maximum absolute atomic E-state index is 12.2. The molecule has 0 saturated heterocycles. The van der Waals surface area contributed by atoms with Crippen molar-refractivity contribution in [2.45, 2.75) is 13.0 Å². The van der Waals surface area contributed by atoms with Crippen molar-refractivity contribution in [2.24, 2.45) is 0 Å². The van der Waals surface area contributed by atoms with E-state index in [0.29, 0.717) is 22.0 Å². The van der Waals surface area contributed by atoms with E-state index in [1.54, 1.807) is 62.5 Å². The zero-order valence-corrected chi connectivity index (χ0v) is 13.6. The number of benzene rings is 2. The number of hydrogen-bond donors (Lipinski definition) is 2. The third-order valence-electron chi connectivity index (χ3n) is 3.13. The zero-order chi connectivity index (χ0) is 16.8. The second kappa shape index (κ2) is 7.65. The summed E-state index contributed by atoms with van der Waals surface area (Å²) in [7, 11) is 1.55. The van der Waals surface area contributed by atoms with Gasteiger partial charge in [-0.05, 0) is 37.3 Å². The van der Waals surface area contributed by atoms with E-state index < -0.39 is 6.10 Å². The van der Waals surface area contributed by atoms with Gasteiger partial charge in [0.15, 0.2) is 6.10 Å². The molecule has 2 rings (SSSR count). The highest BCUT2D eigenvalue weighted by atomic mass is 35.5. The van der Waals surface area contributed by atoms with Gasteiger partial charge in [-0.2, -0.15) is 0 Å². The van der Waals surface area contributed by atoms with Gasteiger partial charge in [0, 0.05) is 18.3 Å². The van der Waals surface area contributed by atoms with Gasteiger partial charge in [0.1, 0.15) is 5.75 Å². The normalized spacial score (nSPS) is 11.4. The molecule has 2 aromatic carbocycles. The summed E-state index contributed by atoms with van der Waals surface area (Å²) in [6.07, 6.45) is -0.737. The minimum absolute atomic E-state index is 0.221. The van der Waals surface area contributed by atoms with Crippen molar-refractivity contribution in [1.82, 2.24) is 5.32 Å². The van der Waals surface area contributed by atoms with Crippen LogP contribution >= 0.6 is 11.6 Å². The number of carbonyl (C=O) groups is 2. The van der Waals surface area contributed by atoms with Crippen LogP contribution in [0.25, 0.3) is 0 Å². The van der Waals surface area contributed by atoms with E-state index in [1.807, 2.05) is 0 Å². The smallest absolute Gasteiger partial charge is 0.265 e. The lowest BCUT2D eigenvalue weighted by Crippen LogP contribution is -2.30. The number of anilines is 1. The van der Waals surface area contributed by atoms with Gasteiger partial charge >= 0.3 is 0 Å². The number of para-hydroxylation sites is 1. The van der Waals surface area contributed by atoms with Crippen LogP contribution in [-0.2, 0) is 4.79 Å². The molecule has 0 heterocycles. The van der Waals surface area contributed by atoms with E-state index >= 15 is 0 Å². The van der Waals surface area contributed by atoms with Gasteiger partial charge in [-0.25, -0.2) is 0 Å². The molecule has 5 nitrogen and oxygen atoms in total. The molecule has 0 aliphatic rings. The summed E-state index contributed by atoms with van der Waals surface area (Å²) in [6.45, 7) is 1.63. The van der Waals surface area contributed by atoms with E-state index in [1.165, 1.54) is 0 Å². The molecule has 0 spiro atoms. The highest BCUT2D eigenvalue weighted by molar-refractivity contribution is 6.32. The first-order chi connectivity index (χ1) is 11.0. The van der Waals surface area contributed by atoms with Crippen LogP contribution in [0.3, 0.4) is 0 Å². The first-order valence-electron chi connectivity index (χ1n) is 7.05. The average Bonchev–Trinajstić information content (AvgIpc) is 2.56. The highest BCUT2D eigenvalue weighted by Gasteiger charge is 2.16. The molecular formula is C17H17ClN2O3. The summed E-state index contributed by atoms with van der Waals surface area (Å²) >= 11 is 6.00. The summed E-state index contributed by atoms with van der Waals surface area (Å²) in [5.41, 5.74) is 0.982. The molecule has 0 aromatic heterocycles. The van der Waals surface area contributed by atoms with Gasteiger partial charge < -0.3 is 15.4 Å². The third kappa shape index (κ3) is 4.47. The van der Waals surface area contributed by atoms with Gasteiger partial charge in [0.25, 0.3) is 11.8 Å². The van der Waals surface area contributed by atoms with Gasteiger partial charge in [-0.1, -0.05) is 29.8 Å². The average molecular weight is 333 g/mol. The van der Waals surface area contributed by atoms with Crippen molar-refractivity contribution in [2.75, 3.05) is 12.4 Å². The van der Waals surface area contributed by atoms with Gasteiger partial charge in [-0.3, -0.25) is 9.59 Å². The van der Waals surface area contributed by atoms with Crippen molar-refractivity contribution in [3.63, 3.8) is 0 Å². The van der Waals surface area contributed by atoms with E-state index in [-0.39, 0.29) is 11.8 Å². The highest BCUT2D eigenvalue weighted by Crippen LogP contribution is 2.24. The minimum Gasteiger partial charge on any atom is -0.479 e. The Morgan fingerprint density at radius 3 is 2.57 bits per heavy atom. The Morgan fingerprint density at radius 1 is 1.13 bits per heavy atom. The Labute approximate surface area is 139 Å². The summed E-state index contributed by atoms with van der Waals surface area (Å²) in [4.78, 5) is 23.8. The summed E-state index contributed by atoms with van der Waals surface area (Å²) in [6, 6.07) is 13.6. The summed E-state index contributed by atoms with van der Waals surface area (Å²) < 4.78 is 5.55. The van der Waals surface area contributed by atoms with E-state index in [9.17, 15) is 9.59 Å². The van der Waals surface area contributed by atoms with Crippen LogP contribution in [0.15, 0.2) is 48.5 Å². The van der Waals surface area contributed by atoms with E-state index in [4.69, 9.17) is 16.3 Å². The Kier molecular flexibility index (Phi) is 5.60. The largest absolute Gasteiger partial charge is 0.479 e. The molecule has 6 heteroatoms. The molecule has 2 N–H and O–H groups in total. The van der Waals surface area contributed by atoms with Crippen molar-refractivity contribution in [1.29, 1.82) is 0 Å². The van der Waals surface area contributed by atoms with E-state index in [2.05, 4.69) is 10.6 Å². The predicted octanol–water partition coefficient (Wildman–Crippen LogP) is 3.11. The Bertz CT molecular complexity index is 718. The quantitative estimate of drug-likeness (QED) is 0.884. The van der Waals surface area contributed by atoms with Crippen LogP contribution in [0, 0.1) is 0 Å². The number of nitrogens with one attached hydrogen (secondary N) is 2. The molecule has 0 bridgehead atoms. The molecular weight excluding hydrogens is 316 g/mol. The lowest BCUT2D eigenvalue weighted by atomic mass is 10.2. The number of carbonyl (C=O) groups excluding carboxylic acids is 2. The van der Waals surface area contributed by atoms with Crippen LogP contribution < -0.4 is 15.4 Å². The fourth-order valence-electron chi connectivity index (χ4n) is 1.91. The second-order valence-corrected chi connectivity index (χ2v) is 5.25. The molecule has 23 heavy (non-hydrogen) atoms. The molecule has 1 unspecified atom stereocenters. The Hall–Kier alpha value is -2.53. The van der Waals surface area contributed by atoms with Crippen molar-refractivity contribution < 1.29 is 14.3 Å². The SMILES string of the molecule is CNC(=O)c1cccc(NC(=O)C(C)Oc2ccccc2Cl)c1. The number of amides is 2. The van der Waals surface area contributed by atoms with Crippen LogP contribution in [0.1, 0.15) is 17.3 Å². The monoisotopic (exact) mass is 332 g/mol. The van der Waals surface area contributed by atoms with Gasteiger partial charge in [-0.15, -0.1) is 0 Å². The first-order valence-corrected chi connectivity index (χ1v) is 7.43. The lowest BCUT2D eigenvalue weighted by Gasteiger charge is -2.15. The molecule has 0 fully saturated rings. The third-order valence-corrected chi connectivity index (χ3v) is 3.44. The Morgan fingerprint density at radius 2 is 1.87 bits per heavy atom. The van der Waals surface area contributed by atoms with Crippen molar-refractivity contribution in [3.8, 4) is 5.75 Å². The standard InChI is InChI=1S/C17H17ClN2O3/c1-11(23-15-9-4-3-8-14(15)18)16(21)20-13-7-5-6-12(10-13)17(22)19-2/h3-11H,1-2H3,(H,19,22)(H,20,21). The van der Waals surface area contributed by atoms with Gasteiger partial charge in [0.2, 0.25) is 0 Å². The number of hydrogen-bond acceptors (Lipinski definition) is 3. The molecule has 0 aliphatic carbocycles. The predicted molar refractivity (Wildman–Crippen MR) is 90.0 cm³/mol. The number of halogens is 1.